The van der Waals surface area contributed by atoms with E-state index >= 15 is 0 Å². The van der Waals surface area contributed by atoms with Crippen molar-refractivity contribution < 1.29 is 28.3 Å². The van der Waals surface area contributed by atoms with Crippen molar-refractivity contribution in [2.24, 2.45) is 0 Å². The van der Waals surface area contributed by atoms with Gasteiger partial charge in [-0.1, -0.05) is 0 Å². The van der Waals surface area contributed by atoms with Crippen molar-refractivity contribution in [2.45, 2.75) is 33.2 Å². The molecule has 0 aliphatic heterocycles. The van der Waals surface area contributed by atoms with E-state index in [1.165, 1.54) is 24.3 Å². The van der Waals surface area contributed by atoms with Crippen molar-refractivity contribution in [3.8, 4) is 0 Å². The predicted octanol–water partition coefficient (Wildman–Crippen LogP) is 2.43. The molecule has 2 aromatic rings. The molecular formula is C20H25N3O6S. The van der Waals surface area contributed by atoms with E-state index in [1.807, 2.05) is 20.8 Å². The minimum Gasteiger partial charge on any atom is -0.459 e. The lowest BCUT2D eigenvalue weighted by Gasteiger charge is -2.23. The number of ether oxygens (including phenoxy) is 1. The van der Waals surface area contributed by atoms with Crippen molar-refractivity contribution in [1.82, 2.24) is 10.2 Å². The molecule has 30 heavy (non-hydrogen) atoms. The number of carbonyl (C=O) groups excluding carboxylic acids is 4. The normalized spacial score (nSPS) is 11.0. The topological polar surface area (TPSA) is 118 Å². The Morgan fingerprint density at radius 3 is 2.53 bits per heavy atom. The number of rotatable bonds is 7. The highest BCUT2D eigenvalue weighted by molar-refractivity contribution is 7.18. The van der Waals surface area contributed by atoms with Gasteiger partial charge in [0.1, 0.15) is 4.88 Å². The molecule has 0 aliphatic rings. The van der Waals surface area contributed by atoms with Gasteiger partial charge in [-0.2, -0.15) is 0 Å². The Morgan fingerprint density at radius 2 is 1.93 bits per heavy atom. The summed E-state index contributed by atoms with van der Waals surface area (Å²) in [5, 5.41) is 5.84. The van der Waals surface area contributed by atoms with E-state index < -0.39 is 29.9 Å². The minimum atomic E-state index is -0.683. The van der Waals surface area contributed by atoms with Gasteiger partial charge in [0.05, 0.1) is 17.8 Å². The summed E-state index contributed by atoms with van der Waals surface area (Å²) in [7, 11) is 1.46. The maximum Gasteiger partial charge on any atom is 0.349 e. The first-order valence-corrected chi connectivity index (χ1v) is 9.95. The summed E-state index contributed by atoms with van der Waals surface area (Å²) in [6.45, 7) is 6.56. The molecule has 2 rings (SSSR count). The standard InChI is InChI=1S/C20H25N3O6S/c1-12-9-15(21-18(26)13-7-6-8-28-13)30-17(12)19(27)29-11-16(25)23(5)10-14(24)22-20(2,3)4/h6-9H,10-11H2,1-5H3,(H,21,26)(H,22,24). The van der Waals surface area contributed by atoms with Crippen LogP contribution in [0, 0.1) is 6.92 Å². The summed E-state index contributed by atoms with van der Waals surface area (Å²) < 4.78 is 10.1. The Bertz CT molecular complexity index is 927. The third-order valence-electron chi connectivity index (χ3n) is 3.73. The highest BCUT2D eigenvalue weighted by Crippen LogP contribution is 2.27. The van der Waals surface area contributed by atoms with Gasteiger partial charge in [-0.15, -0.1) is 11.3 Å². The van der Waals surface area contributed by atoms with Crippen molar-refractivity contribution in [3.05, 3.63) is 40.7 Å². The summed E-state index contributed by atoms with van der Waals surface area (Å²) in [5.41, 5.74) is 0.193. The molecular weight excluding hydrogens is 410 g/mol. The number of carbonyl (C=O) groups is 4. The molecule has 0 saturated heterocycles. The Kier molecular flexibility index (Phi) is 7.38. The predicted molar refractivity (Wildman–Crippen MR) is 112 cm³/mol. The molecule has 0 aromatic carbocycles. The number of likely N-dealkylation sites (N-methyl/N-ethyl adjacent to an activating group) is 1. The summed E-state index contributed by atoms with van der Waals surface area (Å²) in [6, 6.07) is 4.75. The average Bonchev–Trinajstić information content (AvgIpc) is 3.27. The highest BCUT2D eigenvalue weighted by atomic mass is 32.1. The first-order chi connectivity index (χ1) is 14.0. The maximum atomic E-state index is 12.3. The van der Waals surface area contributed by atoms with E-state index in [0.29, 0.717) is 10.6 Å². The fourth-order valence-corrected chi connectivity index (χ4v) is 3.35. The van der Waals surface area contributed by atoms with Crippen molar-refractivity contribution in [3.63, 3.8) is 0 Å². The van der Waals surface area contributed by atoms with E-state index in [2.05, 4.69) is 10.6 Å². The van der Waals surface area contributed by atoms with Gasteiger partial charge in [0.15, 0.2) is 12.4 Å². The molecule has 0 radical (unpaired) electrons. The first kappa shape index (κ1) is 23.1. The van der Waals surface area contributed by atoms with Crippen LogP contribution in [-0.2, 0) is 14.3 Å². The summed E-state index contributed by atoms with van der Waals surface area (Å²) in [6.07, 6.45) is 1.39. The third-order valence-corrected chi connectivity index (χ3v) is 4.87. The molecule has 0 spiro atoms. The van der Waals surface area contributed by atoms with E-state index in [9.17, 15) is 19.2 Å². The van der Waals surface area contributed by atoms with Gasteiger partial charge in [0.25, 0.3) is 11.8 Å². The monoisotopic (exact) mass is 435 g/mol. The van der Waals surface area contributed by atoms with Gasteiger partial charge >= 0.3 is 5.97 Å². The number of aryl methyl sites for hydroxylation is 1. The second-order valence-electron chi connectivity index (χ2n) is 7.68. The van der Waals surface area contributed by atoms with E-state index in [-0.39, 0.29) is 23.1 Å². The molecule has 0 aliphatic carbocycles. The number of amides is 3. The maximum absolute atomic E-state index is 12.3. The van der Waals surface area contributed by atoms with Crippen LogP contribution in [0.2, 0.25) is 0 Å². The summed E-state index contributed by atoms with van der Waals surface area (Å²) in [5.74, 6) is -1.79. The quantitative estimate of drug-likeness (QED) is 0.645. The van der Waals surface area contributed by atoms with Gasteiger partial charge in [0.2, 0.25) is 5.91 Å². The van der Waals surface area contributed by atoms with Crippen LogP contribution >= 0.6 is 11.3 Å². The lowest BCUT2D eigenvalue weighted by atomic mass is 10.1. The van der Waals surface area contributed by atoms with Gasteiger partial charge in [-0.25, -0.2) is 4.79 Å². The van der Waals surface area contributed by atoms with Crippen LogP contribution < -0.4 is 10.6 Å². The Labute approximate surface area is 178 Å². The third kappa shape index (κ3) is 6.73. The Morgan fingerprint density at radius 1 is 1.23 bits per heavy atom. The SMILES string of the molecule is Cc1cc(NC(=O)c2ccco2)sc1C(=O)OCC(=O)N(C)CC(=O)NC(C)(C)C. The van der Waals surface area contributed by atoms with Crippen LogP contribution in [-0.4, -0.2) is 54.3 Å². The number of thiophene rings is 1. The smallest absolute Gasteiger partial charge is 0.349 e. The lowest BCUT2D eigenvalue weighted by Crippen LogP contribution is -2.46. The second-order valence-corrected chi connectivity index (χ2v) is 8.73. The van der Waals surface area contributed by atoms with E-state index in [4.69, 9.17) is 9.15 Å². The van der Waals surface area contributed by atoms with E-state index in [0.717, 1.165) is 11.3 Å². The van der Waals surface area contributed by atoms with Crippen LogP contribution in [0.1, 0.15) is 46.6 Å². The first-order valence-electron chi connectivity index (χ1n) is 9.13. The number of anilines is 1. The van der Waals surface area contributed by atoms with Crippen molar-refractivity contribution >= 4 is 40.0 Å². The second kappa shape index (κ2) is 9.57. The number of nitrogens with one attached hydrogen (secondary N) is 2. The van der Waals surface area contributed by atoms with Crippen LogP contribution in [0.4, 0.5) is 5.00 Å². The van der Waals surface area contributed by atoms with E-state index in [1.54, 1.807) is 19.1 Å². The van der Waals surface area contributed by atoms with Crippen LogP contribution in [0.5, 0.6) is 0 Å². The Hall–Kier alpha value is -3.14. The zero-order valence-electron chi connectivity index (χ0n) is 17.5. The molecule has 2 aromatic heterocycles. The average molecular weight is 436 g/mol. The fraction of sp³-hybridized carbons (Fsp3) is 0.400. The zero-order valence-corrected chi connectivity index (χ0v) is 18.3. The molecule has 10 heteroatoms. The van der Waals surface area contributed by atoms with Crippen LogP contribution in [0.3, 0.4) is 0 Å². The van der Waals surface area contributed by atoms with Crippen molar-refractivity contribution in [1.29, 1.82) is 0 Å². The molecule has 3 amide bonds. The molecule has 0 unspecified atom stereocenters. The van der Waals surface area contributed by atoms with Crippen molar-refractivity contribution in [2.75, 3.05) is 25.5 Å². The fourth-order valence-electron chi connectivity index (χ4n) is 2.39. The number of hydrogen-bond acceptors (Lipinski definition) is 7. The highest BCUT2D eigenvalue weighted by Gasteiger charge is 2.21. The van der Waals surface area contributed by atoms with Gasteiger partial charge < -0.3 is 24.7 Å². The molecule has 0 atom stereocenters. The van der Waals surface area contributed by atoms with Gasteiger partial charge in [-0.3, -0.25) is 14.4 Å². The number of nitrogens with zero attached hydrogens (tertiary/aromatic N) is 1. The molecule has 0 fully saturated rings. The molecule has 2 N–H and O–H groups in total. The van der Waals surface area contributed by atoms with Crippen LogP contribution in [0.15, 0.2) is 28.9 Å². The van der Waals surface area contributed by atoms with Gasteiger partial charge in [0, 0.05) is 12.6 Å². The zero-order chi connectivity index (χ0) is 22.5. The molecule has 9 nitrogen and oxygen atoms in total. The summed E-state index contributed by atoms with van der Waals surface area (Å²) in [4.78, 5) is 49.9. The molecule has 0 bridgehead atoms. The minimum absolute atomic E-state index is 0.144. The lowest BCUT2D eigenvalue weighted by molar-refractivity contribution is -0.137. The molecule has 0 saturated carbocycles. The van der Waals surface area contributed by atoms with Gasteiger partial charge in [-0.05, 0) is 51.5 Å². The largest absolute Gasteiger partial charge is 0.459 e. The molecule has 2 heterocycles. The van der Waals surface area contributed by atoms with Crippen LogP contribution in [0.25, 0.3) is 0 Å². The number of hydrogen-bond donors (Lipinski definition) is 2. The molecule has 162 valence electrons. The summed E-state index contributed by atoms with van der Waals surface area (Å²) >= 11 is 1.03. The number of furan rings is 1. The Balaban J connectivity index is 1.88. The number of esters is 1.